The zero-order valence-electron chi connectivity index (χ0n) is 14.6. The third kappa shape index (κ3) is 5.14. The van der Waals surface area contributed by atoms with E-state index < -0.39 is 0 Å². The number of fused-ring (bicyclic) bond motifs is 1. The summed E-state index contributed by atoms with van der Waals surface area (Å²) in [4.78, 5) is 7.16. The molecule has 3 aromatic rings. The van der Waals surface area contributed by atoms with Crippen molar-refractivity contribution in [1.29, 1.82) is 0 Å². The summed E-state index contributed by atoms with van der Waals surface area (Å²) in [6, 6.07) is 12.1. The van der Waals surface area contributed by atoms with Crippen LogP contribution in [0, 0.1) is 0 Å². The molecule has 0 atom stereocenters. The molecule has 2 heterocycles. The number of nitrogens with zero attached hydrogens (tertiary/aromatic N) is 3. The van der Waals surface area contributed by atoms with Crippen LogP contribution >= 0.6 is 24.8 Å². The average Bonchev–Trinajstić information content (AvgIpc) is 3.21. The van der Waals surface area contributed by atoms with Crippen LogP contribution in [0.25, 0.3) is 11.0 Å². The largest absolute Gasteiger partial charge is 0.467 e. The van der Waals surface area contributed by atoms with Crippen molar-refractivity contribution in [2.24, 2.45) is 0 Å². The number of benzene rings is 1. The highest BCUT2D eigenvalue weighted by molar-refractivity contribution is 5.85. The van der Waals surface area contributed by atoms with E-state index in [1.807, 2.05) is 18.2 Å². The fraction of sp³-hybridized carbons (Fsp3) is 0.389. The Morgan fingerprint density at radius 3 is 2.52 bits per heavy atom. The van der Waals surface area contributed by atoms with Gasteiger partial charge in [0.05, 0.1) is 23.8 Å². The van der Waals surface area contributed by atoms with Crippen molar-refractivity contribution in [3.05, 3.63) is 48.4 Å². The van der Waals surface area contributed by atoms with Gasteiger partial charge in [-0.1, -0.05) is 26.0 Å². The number of nitrogens with one attached hydrogen (secondary N) is 1. The molecule has 0 saturated carbocycles. The molecule has 0 fully saturated rings. The van der Waals surface area contributed by atoms with Crippen molar-refractivity contribution in [3.8, 4) is 0 Å². The molecule has 7 heteroatoms. The zero-order valence-corrected chi connectivity index (χ0v) is 16.3. The van der Waals surface area contributed by atoms with Crippen molar-refractivity contribution in [1.82, 2.24) is 14.5 Å². The van der Waals surface area contributed by atoms with E-state index >= 15 is 0 Å². The third-order valence-corrected chi connectivity index (χ3v) is 4.19. The van der Waals surface area contributed by atoms with Crippen molar-refractivity contribution >= 4 is 41.8 Å². The SMILES string of the molecule is CCN(CC)CCn1c(NCc2ccco2)nc2ccccc21.Cl.Cl. The summed E-state index contributed by atoms with van der Waals surface area (Å²) >= 11 is 0. The fourth-order valence-electron chi connectivity index (χ4n) is 2.80. The van der Waals surface area contributed by atoms with E-state index in [4.69, 9.17) is 9.40 Å². The normalized spacial score (nSPS) is 10.5. The van der Waals surface area contributed by atoms with Crippen LogP contribution in [0.1, 0.15) is 19.6 Å². The number of anilines is 1. The number of hydrogen-bond acceptors (Lipinski definition) is 4. The summed E-state index contributed by atoms with van der Waals surface area (Å²) in [5.41, 5.74) is 2.19. The first-order valence-electron chi connectivity index (χ1n) is 8.25. The van der Waals surface area contributed by atoms with Crippen molar-refractivity contribution < 1.29 is 4.42 Å². The Balaban J connectivity index is 0.00000156. The Kier molecular flexibility index (Phi) is 8.83. The molecular formula is C18H26Cl2N4O. The van der Waals surface area contributed by atoms with Gasteiger partial charge in [-0.2, -0.15) is 0 Å². The summed E-state index contributed by atoms with van der Waals surface area (Å²) in [5.74, 6) is 1.81. The number of halogens is 2. The maximum atomic E-state index is 5.39. The highest BCUT2D eigenvalue weighted by Crippen LogP contribution is 2.20. The lowest BCUT2D eigenvalue weighted by atomic mass is 10.3. The van der Waals surface area contributed by atoms with Gasteiger partial charge >= 0.3 is 0 Å². The topological polar surface area (TPSA) is 46.2 Å². The van der Waals surface area contributed by atoms with Crippen LogP contribution < -0.4 is 5.32 Å². The van der Waals surface area contributed by atoms with Crippen LogP contribution in [-0.4, -0.2) is 34.1 Å². The maximum absolute atomic E-state index is 5.39. The van der Waals surface area contributed by atoms with E-state index in [0.717, 1.165) is 43.4 Å². The molecule has 0 bridgehead atoms. The molecule has 0 aliphatic carbocycles. The van der Waals surface area contributed by atoms with Crippen molar-refractivity contribution in [2.75, 3.05) is 25.0 Å². The molecule has 0 spiro atoms. The van der Waals surface area contributed by atoms with Crippen LogP contribution in [0.4, 0.5) is 5.95 Å². The molecular weight excluding hydrogens is 359 g/mol. The molecule has 25 heavy (non-hydrogen) atoms. The van der Waals surface area contributed by atoms with Crippen LogP contribution in [-0.2, 0) is 13.1 Å². The smallest absolute Gasteiger partial charge is 0.204 e. The van der Waals surface area contributed by atoms with Gasteiger partial charge in [0.15, 0.2) is 0 Å². The first kappa shape index (κ1) is 21.4. The van der Waals surface area contributed by atoms with E-state index in [-0.39, 0.29) is 24.8 Å². The Morgan fingerprint density at radius 1 is 1.08 bits per heavy atom. The highest BCUT2D eigenvalue weighted by Gasteiger charge is 2.11. The van der Waals surface area contributed by atoms with Gasteiger partial charge in [-0.05, 0) is 37.4 Å². The van der Waals surface area contributed by atoms with Crippen LogP contribution in [0.5, 0.6) is 0 Å². The highest BCUT2D eigenvalue weighted by atomic mass is 35.5. The second kappa shape index (κ2) is 10.3. The number of furan rings is 1. The van der Waals surface area contributed by atoms with Gasteiger partial charge in [0, 0.05) is 13.1 Å². The predicted octanol–water partition coefficient (Wildman–Crippen LogP) is 4.43. The van der Waals surface area contributed by atoms with Gasteiger partial charge in [0.2, 0.25) is 5.95 Å². The Morgan fingerprint density at radius 2 is 1.84 bits per heavy atom. The molecule has 0 saturated heterocycles. The average molecular weight is 385 g/mol. The quantitative estimate of drug-likeness (QED) is 0.623. The van der Waals surface area contributed by atoms with Crippen LogP contribution in [0.2, 0.25) is 0 Å². The van der Waals surface area contributed by atoms with Gasteiger partial charge in [-0.15, -0.1) is 24.8 Å². The molecule has 0 radical (unpaired) electrons. The molecule has 1 aromatic carbocycles. The van der Waals surface area contributed by atoms with Gasteiger partial charge in [0.25, 0.3) is 0 Å². The number of rotatable bonds is 8. The molecule has 3 rings (SSSR count). The first-order chi connectivity index (χ1) is 11.3. The number of para-hydroxylation sites is 2. The predicted molar refractivity (Wildman–Crippen MR) is 108 cm³/mol. The lowest BCUT2D eigenvalue weighted by Crippen LogP contribution is -2.27. The van der Waals surface area contributed by atoms with Crippen LogP contribution in [0.3, 0.4) is 0 Å². The van der Waals surface area contributed by atoms with Gasteiger partial charge < -0.3 is 19.2 Å². The third-order valence-electron chi connectivity index (χ3n) is 4.19. The van der Waals surface area contributed by atoms with E-state index in [9.17, 15) is 0 Å². The summed E-state index contributed by atoms with van der Waals surface area (Å²) < 4.78 is 7.65. The van der Waals surface area contributed by atoms with Crippen molar-refractivity contribution in [3.63, 3.8) is 0 Å². The van der Waals surface area contributed by atoms with E-state index in [1.54, 1.807) is 6.26 Å². The maximum Gasteiger partial charge on any atom is 0.204 e. The fourth-order valence-corrected chi connectivity index (χ4v) is 2.80. The Hall–Kier alpha value is -1.69. The molecule has 2 aromatic heterocycles. The molecule has 1 N–H and O–H groups in total. The van der Waals surface area contributed by atoms with E-state index in [0.29, 0.717) is 6.54 Å². The lowest BCUT2D eigenvalue weighted by Gasteiger charge is -2.19. The number of imidazole rings is 1. The zero-order chi connectivity index (χ0) is 16.1. The van der Waals surface area contributed by atoms with Gasteiger partial charge in [-0.3, -0.25) is 0 Å². The molecule has 0 aliphatic rings. The molecule has 0 amide bonds. The van der Waals surface area contributed by atoms with Crippen molar-refractivity contribution in [2.45, 2.75) is 26.9 Å². The minimum atomic E-state index is 0. The second-order valence-electron chi connectivity index (χ2n) is 5.54. The molecule has 5 nitrogen and oxygen atoms in total. The Labute approximate surface area is 161 Å². The minimum Gasteiger partial charge on any atom is -0.467 e. The summed E-state index contributed by atoms with van der Waals surface area (Å²) in [6.45, 7) is 9.11. The van der Waals surface area contributed by atoms with E-state index in [1.165, 1.54) is 5.52 Å². The van der Waals surface area contributed by atoms with Gasteiger partial charge in [-0.25, -0.2) is 4.98 Å². The molecule has 0 aliphatic heterocycles. The Bertz CT molecular complexity index is 739. The molecule has 0 unspecified atom stereocenters. The summed E-state index contributed by atoms with van der Waals surface area (Å²) in [5, 5.41) is 3.40. The van der Waals surface area contributed by atoms with Crippen LogP contribution in [0.15, 0.2) is 47.1 Å². The van der Waals surface area contributed by atoms with Gasteiger partial charge in [0.1, 0.15) is 5.76 Å². The summed E-state index contributed by atoms with van der Waals surface area (Å²) in [7, 11) is 0. The van der Waals surface area contributed by atoms with E-state index in [2.05, 4.69) is 46.8 Å². The minimum absolute atomic E-state index is 0. The first-order valence-corrected chi connectivity index (χ1v) is 8.25. The monoisotopic (exact) mass is 384 g/mol. The number of hydrogen-bond donors (Lipinski definition) is 1. The number of aromatic nitrogens is 2. The lowest BCUT2D eigenvalue weighted by molar-refractivity contribution is 0.292. The number of likely N-dealkylation sites (N-methyl/N-ethyl adjacent to an activating group) is 1. The summed E-state index contributed by atoms with van der Waals surface area (Å²) in [6.07, 6.45) is 1.69. The molecule has 138 valence electrons. The standard InChI is InChI=1S/C18H24N4O.2ClH/c1-3-21(4-2)11-12-22-17-10-6-5-9-16(17)20-18(22)19-14-15-8-7-13-23-15;;/h5-10,13H,3-4,11-12,14H2,1-2H3,(H,19,20);2*1H. The second-order valence-corrected chi connectivity index (χ2v) is 5.54.